The van der Waals surface area contributed by atoms with Gasteiger partial charge in [0.2, 0.25) is 0 Å². The van der Waals surface area contributed by atoms with Gasteiger partial charge in [-0.25, -0.2) is 9.38 Å². The van der Waals surface area contributed by atoms with Crippen molar-refractivity contribution in [3.63, 3.8) is 0 Å². The summed E-state index contributed by atoms with van der Waals surface area (Å²) in [5.41, 5.74) is 5.97. The number of aliphatic imine (C=N–C) groups is 1. The van der Waals surface area contributed by atoms with Crippen molar-refractivity contribution in [1.82, 2.24) is 4.90 Å². The fourth-order valence-electron chi connectivity index (χ4n) is 2.07. The van der Waals surface area contributed by atoms with Crippen molar-refractivity contribution in [3.8, 4) is 5.75 Å². The van der Waals surface area contributed by atoms with Gasteiger partial charge in [0.05, 0.1) is 19.8 Å². The average molecular weight is 295 g/mol. The first-order chi connectivity index (χ1) is 10.2. The van der Waals surface area contributed by atoms with Crippen LogP contribution in [-0.4, -0.2) is 49.8 Å². The highest BCUT2D eigenvalue weighted by molar-refractivity contribution is 5.78. The molecule has 2 rings (SSSR count). The van der Waals surface area contributed by atoms with Crippen molar-refractivity contribution in [1.29, 1.82) is 0 Å². The molecule has 1 fully saturated rings. The van der Waals surface area contributed by atoms with E-state index in [0.29, 0.717) is 31.5 Å². The van der Waals surface area contributed by atoms with Crippen LogP contribution in [0.5, 0.6) is 5.75 Å². The fourth-order valence-corrected chi connectivity index (χ4v) is 2.07. The number of benzene rings is 1. The Labute approximate surface area is 124 Å². The number of ether oxygens (including phenoxy) is 2. The molecule has 116 valence electrons. The number of nitrogens with zero attached hydrogens (tertiary/aromatic N) is 2. The quantitative estimate of drug-likeness (QED) is 0.662. The third kappa shape index (κ3) is 4.90. The predicted molar refractivity (Wildman–Crippen MR) is 80.0 cm³/mol. The molecule has 1 heterocycles. The molecular formula is C15H22FN3O2. The number of morpholine rings is 1. The van der Waals surface area contributed by atoms with E-state index in [4.69, 9.17) is 15.2 Å². The molecule has 6 heteroatoms. The summed E-state index contributed by atoms with van der Waals surface area (Å²) in [6.45, 7) is 5.33. The smallest absolute Gasteiger partial charge is 0.191 e. The van der Waals surface area contributed by atoms with E-state index in [9.17, 15) is 4.39 Å². The lowest BCUT2D eigenvalue weighted by atomic mass is 10.2. The van der Waals surface area contributed by atoms with Crippen LogP contribution in [0.1, 0.15) is 13.3 Å². The Morgan fingerprint density at radius 2 is 2.24 bits per heavy atom. The highest BCUT2D eigenvalue weighted by atomic mass is 19.1. The molecule has 21 heavy (non-hydrogen) atoms. The molecule has 0 amide bonds. The Morgan fingerprint density at radius 3 is 2.90 bits per heavy atom. The standard InChI is InChI=1S/C15H22FN3O2/c1-2-13(21-14-5-3-4-12(16)10-14)11-18-15(17)19-6-8-20-9-7-19/h3-5,10,13H,2,6-9,11H2,1H3,(H2,17,18). The van der Waals surface area contributed by atoms with Crippen LogP contribution in [-0.2, 0) is 4.74 Å². The minimum atomic E-state index is -0.307. The minimum absolute atomic E-state index is 0.119. The molecule has 1 unspecified atom stereocenters. The van der Waals surface area contributed by atoms with Gasteiger partial charge >= 0.3 is 0 Å². The molecule has 0 spiro atoms. The number of nitrogens with two attached hydrogens (primary N) is 1. The molecule has 1 aromatic rings. The number of hydrogen-bond donors (Lipinski definition) is 1. The van der Waals surface area contributed by atoms with E-state index in [0.717, 1.165) is 19.5 Å². The first-order valence-corrected chi connectivity index (χ1v) is 7.24. The normalized spacial score (nSPS) is 17.6. The summed E-state index contributed by atoms with van der Waals surface area (Å²) in [5, 5.41) is 0. The Bertz CT molecular complexity index is 476. The molecule has 1 aliphatic heterocycles. The van der Waals surface area contributed by atoms with E-state index in [1.165, 1.54) is 12.1 Å². The van der Waals surface area contributed by atoms with Gasteiger partial charge in [-0.05, 0) is 18.6 Å². The summed E-state index contributed by atoms with van der Waals surface area (Å²) >= 11 is 0. The van der Waals surface area contributed by atoms with E-state index in [-0.39, 0.29) is 11.9 Å². The number of hydrogen-bond acceptors (Lipinski definition) is 3. The zero-order valence-corrected chi connectivity index (χ0v) is 12.3. The maximum absolute atomic E-state index is 13.1. The number of rotatable bonds is 5. The molecular weight excluding hydrogens is 273 g/mol. The van der Waals surface area contributed by atoms with Gasteiger partial charge in [-0.3, -0.25) is 0 Å². The Kier molecular flexibility index (Phi) is 5.80. The highest BCUT2D eigenvalue weighted by Crippen LogP contribution is 2.15. The van der Waals surface area contributed by atoms with Gasteiger partial charge in [0.1, 0.15) is 17.7 Å². The molecule has 0 aromatic heterocycles. The highest BCUT2D eigenvalue weighted by Gasteiger charge is 2.13. The predicted octanol–water partition coefficient (Wildman–Crippen LogP) is 1.63. The van der Waals surface area contributed by atoms with E-state index >= 15 is 0 Å². The zero-order valence-electron chi connectivity index (χ0n) is 12.3. The van der Waals surface area contributed by atoms with Crippen molar-refractivity contribution in [2.75, 3.05) is 32.8 Å². The van der Waals surface area contributed by atoms with E-state index in [1.54, 1.807) is 12.1 Å². The summed E-state index contributed by atoms with van der Waals surface area (Å²) in [5.74, 6) is 0.722. The molecule has 2 N–H and O–H groups in total. The van der Waals surface area contributed by atoms with Crippen LogP contribution >= 0.6 is 0 Å². The summed E-state index contributed by atoms with van der Waals surface area (Å²) in [4.78, 5) is 6.38. The second kappa shape index (κ2) is 7.83. The molecule has 0 radical (unpaired) electrons. The third-order valence-corrected chi connectivity index (χ3v) is 3.35. The molecule has 1 saturated heterocycles. The van der Waals surface area contributed by atoms with Crippen LogP contribution in [0.2, 0.25) is 0 Å². The first kappa shape index (κ1) is 15.6. The summed E-state index contributed by atoms with van der Waals surface area (Å²) < 4.78 is 24.1. The second-order valence-corrected chi connectivity index (χ2v) is 4.90. The number of guanidine groups is 1. The molecule has 1 atom stereocenters. The molecule has 0 saturated carbocycles. The molecule has 5 nitrogen and oxygen atoms in total. The van der Waals surface area contributed by atoms with Crippen LogP contribution in [0.4, 0.5) is 4.39 Å². The summed E-state index contributed by atoms with van der Waals surface area (Å²) in [6, 6.07) is 6.13. The van der Waals surface area contributed by atoms with Crippen LogP contribution in [0, 0.1) is 5.82 Å². The lowest BCUT2D eigenvalue weighted by molar-refractivity contribution is 0.0673. The molecule has 1 aliphatic rings. The van der Waals surface area contributed by atoms with Crippen molar-refractivity contribution in [2.24, 2.45) is 10.7 Å². The molecule has 0 aliphatic carbocycles. The minimum Gasteiger partial charge on any atom is -0.488 e. The first-order valence-electron chi connectivity index (χ1n) is 7.24. The summed E-state index contributed by atoms with van der Waals surface area (Å²) in [7, 11) is 0. The lowest BCUT2D eigenvalue weighted by Crippen LogP contribution is -2.45. The van der Waals surface area contributed by atoms with E-state index in [1.807, 2.05) is 11.8 Å². The van der Waals surface area contributed by atoms with Crippen LogP contribution < -0.4 is 10.5 Å². The van der Waals surface area contributed by atoms with E-state index < -0.39 is 0 Å². The van der Waals surface area contributed by atoms with Gasteiger partial charge in [-0.2, -0.15) is 0 Å². The maximum Gasteiger partial charge on any atom is 0.191 e. The molecule has 1 aromatic carbocycles. The Morgan fingerprint density at radius 1 is 1.48 bits per heavy atom. The maximum atomic E-state index is 13.1. The second-order valence-electron chi connectivity index (χ2n) is 4.90. The topological polar surface area (TPSA) is 60.1 Å². The molecule has 0 bridgehead atoms. The fraction of sp³-hybridized carbons (Fsp3) is 0.533. The summed E-state index contributed by atoms with van der Waals surface area (Å²) in [6.07, 6.45) is 0.655. The van der Waals surface area contributed by atoms with Crippen LogP contribution in [0.3, 0.4) is 0 Å². The van der Waals surface area contributed by atoms with Crippen molar-refractivity contribution >= 4 is 5.96 Å². The SMILES string of the molecule is CCC(CN=C(N)N1CCOCC1)Oc1cccc(F)c1. The largest absolute Gasteiger partial charge is 0.488 e. The monoisotopic (exact) mass is 295 g/mol. The van der Waals surface area contributed by atoms with Gasteiger partial charge in [-0.1, -0.05) is 13.0 Å². The van der Waals surface area contributed by atoms with Crippen molar-refractivity contribution in [3.05, 3.63) is 30.1 Å². The van der Waals surface area contributed by atoms with E-state index in [2.05, 4.69) is 4.99 Å². The van der Waals surface area contributed by atoms with Gasteiger partial charge in [-0.15, -0.1) is 0 Å². The zero-order chi connectivity index (χ0) is 15.1. The van der Waals surface area contributed by atoms with Crippen LogP contribution in [0.15, 0.2) is 29.3 Å². The van der Waals surface area contributed by atoms with Crippen molar-refractivity contribution < 1.29 is 13.9 Å². The Hall–Kier alpha value is -1.82. The average Bonchev–Trinajstić information content (AvgIpc) is 2.52. The number of halogens is 1. The van der Waals surface area contributed by atoms with Gasteiger partial charge in [0.15, 0.2) is 5.96 Å². The van der Waals surface area contributed by atoms with Crippen molar-refractivity contribution in [2.45, 2.75) is 19.4 Å². The third-order valence-electron chi connectivity index (χ3n) is 3.35. The van der Waals surface area contributed by atoms with Crippen LogP contribution in [0.25, 0.3) is 0 Å². The van der Waals surface area contributed by atoms with Gasteiger partial charge in [0.25, 0.3) is 0 Å². The lowest BCUT2D eigenvalue weighted by Gasteiger charge is -2.28. The Balaban J connectivity index is 1.89. The van der Waals surface area contributed by atoms with Gasteiger partial charge < -0.3 is 20.1 Å². The van der Waals surface area contributed by atoms with Gasteiger partial charge in [0, 0.05) is 19.2 Å².